The van der Waals surface area contributed by atoms with Crippen molar-refractivity contribution in [3.8, 4) is 0 Å². The van der Waals surface area contributed by atoms with Gasteiger partial charge in [-0.15, -0.1) is 0 Å². The normalized spacial score (nSPS) is 11.1. The minimum Gasteiger partial charge on any atom is -0.360 e. The van der Waals surface area contributed by atoms with Gasteiger partial charge in [0.2, 0.25) is 12.3 Å². The second-order valence-corrected chi connectivity index (χ2v) is 13.9. The van der Waals surface area contributed by atoms with Crippen LogP contribution in [0.2, 0.25) is 25.7 Å². The van der Waals surface area contributed by atoms with Gasteiger partial charge in [0, 0.05) is 40.6 Å². The monoisotopic (exact) mass is 442 g/mol. The molecule has 0 unspecified atom stereocenters. The first-order valence-corrected chi connectivity index (χ1v) is 13.5. The first-order chi connectivity index (χ1) is 14.0. The number of nitrogens with zero attached hydrogens (tertiary/aromatic N) is 3. The number of benzene rings is 1. The summed E-state index contributed by atoms with van der Waals surface area (Å²) in [5, 5.41) is 7.23. The molecule has 0 atom stereocenters. The zero-order valence-corrected chi connectivity index (χ0v) is 19.6. The topological polar surface area (TPSA) is 76.5 Å². The lowest BCUT2D eigenvalue weighted by atomic mass is 10.2. The van der Waals surface area contributed by atoms with Crippen LogP contribution in [0.4, 0.5) is 14.6 Å². The van der Waals surface area contributed by atoms with Gasteiger partial charge >= 0.3 is 0 Å². The van der Waals surface area contributed by atoms with Crippen molar-refractivity contribution in [2.45, 2.75) is 52.2 Å². The Morgan fingerprint density at radius 3 is 2.47 bits per heavy atom. The van der Waals surface area contributed by atoms with Crippen LogP contribution in [0.5, 0.6) is 0 Å². The Labute approximate surface area is 177 Å². The van der Waals surface area contributed by atoms with Gasteiger partial charge in [-0.1, -0.05) is 26.6 Å². The molecule has 2 amide bonds. The summed E-state index contributed by atoms with van der Waals surface area (Å²) in [4.78, 5) is 22.7. The highest BCUT2D eigenvalue weighted by Crippen LogP contribution is 2.27. The van der Waals surface area contributed by atoms with Crippen molar-refractivity contribution >= 4 is 37.1 Å². The number of halogens is 2. The van der Waals surface area contributed by atoms with Crippen LogP contribution in [0, 0.1) is 11.6 Å². The zero-order valence-electron chi connectivity index (χ0n) is 18.6. The summed E-state index contributed by atoms with van der Waals surface area (Å²) in [6, 6.07) is 3.41. The summed E-state index contributed by atoms with van der Waals surface area (Å²) in [6.07, 6.45) is 1.78. The maximum Gasteiger partial charge on any atom is 0.225 e. The molecule has 0 spiro atoms. The third-order valence-electron chi connectivity index (χ3n) is 3.96. The lowest BCUT2D eigenvalue weighted by molar-refractivity contribution is -0.116. The van der Waals surface area contributed by atoms with Crippen molar-refractivity contribution in [2.75, 3.05) is 26.0 Å². The molecule has 0 bridgehead atoms. The molecular weight excluding hydrogens is 410 g/mol. The molecule has 7 nitrogen and oxygen atoms in total. The number of fused-ring (bicyclic) bond motifs is 1. The SMILES string of the molecule is CCCC(=O)Nc1nn(COCC[Si](C)(C)C)c2c(F)c(F)ccc12.CN(C)C=O. The molecule has 0 aliphatic rings. The van der Waals surface area contributed by atoms with E-state index in [4.69, 9.17) is 4.74 Å². The Balaban J connectivity index is 0.000000804. The van der Waals surface area contributed by atoms with E-state index in [-0.39, 0.29) is 24.0 Å². The van der Waals surface area contributed by atoms with Crippen molar-refractivity contribution < 1.29 is 23.1 Å². The molecule has 10 heteroatoms. The molecule has 2 aromatic rings. The molecule has 2 rings (SSSR count). The average Bonchev–Trinajstić information content (AvgIpc) is 2.99. The molecule has 0 saturated carbocycles. The molecule has 0 saturated heterocycles. The van der Waals surface area contributed by atoms with Gasteiger partial charge in [-0.25, -0.2) is 13.5 Å². The van der Waals surface area contributed by atoms with Gasteiger partial charge in [-0.3, -0.25) is 9.59 Å². The van der Waals surface area contributed by atoms with E-state index in [9.17, 15) is 18.4 Å². The number of carbonyl (C=O) groups excluding carboxylic acids is 2. The van der Waals surface area contributed by atoms with Crippen LogP contribution in [0.25, 0.3) is 10.9 Å². The number of hydrogen-bond donors (Lipinski definition) is 1. The Hall–Kier alpha value is -2.33. The summed E-state index contributed by atoms with van der Waals surface area (Å²) in [5.74, 6) is -1.93. The molecule has 0 radical (unpaired) electrons. The largest absolute Gasteiger partial charge is 0.360 e. The zero-order chi connectivity index (χ0) is 22.9. The summed E-state index contributed by atoms with van der Waals surface area (Å²) >= 11 is 0. The molecule has 0 fully saturated rings. The maximum absolute atomic E-state index is 14.3. The lowest BCUT2D eigenvalue weighted by Crippen LogP contribution is -2.22. The van der Waals surface area contributed by atoms with E-state index in [2.05, 4.69) is 30.1 Å². The van der Waals surface area contributed by atoms with E-state index in [0.29, 0.717) is 24.8 Å². The highest BCUT2D eigenvalue weighted by atomic mass is 28.3. The van der Waals surface area contributed by atoms with Crippen molar-refractivity contribution in [2.24, 2.45) is 0 Å². The third-order valence-corrected chi connectivity index (χ3v) is 5.66. The number of anilines is 1. The number of ether oxygens (including phenoxy) is 1. The number of hydrogen-bond acceptors (Lipinski definition) is 4. The van der Waals surface area contributed by atoms with Gasteiger partial charge in [0.05, 0.1) is 0 Å². The van der Waals surface area contributed by atoms with E-state index < -0.39 is 19.7 Å². The van der Waals surface area contributed by atoms with E-state index >= 15 is 0 Å². The van der Waals surface area contributed by atoms with E-state index in [1.807, 2.05) is 6.92 Å². The number of carbonyl (C=O) groups is 2. The first-order valence-electron chi connectivity index (χ1n) is 9.84. The third kappa shape index (κ3) is 8.19. The van der Waals surface area contributed by atoms with Crippen molar-refractivity contribution in [3.05, 3.63) is 23.8 Å². The lowest BCUT2D eigenvalue weighted by Gasteiger charge is -2.15. The van der Waals surface area contributed by atoms with Crippen LogP contribution < -0.4 is 5.32 Å². The smallest absolute Gasteiger partial charge is 0.225 e. The summed E-state index contributed by atoms with van der Waals surface area (Å²) < 4.78 is 34.7. The van der Waals surface area contributed by atoms with Crippen molar-refractivity contribution in [1.29, 1.82) is 0 Å². The van der Waals surface area contributed by atoms with Gasteiger partial charge < -0.3 is 15.0 Å². The van der Waals surface area contributed by atoms with Crippen LogP contribution in [0.1, 0.15) is 19.8 Å². The maximum atomic E-state index is 14.3. The minimum atomic E-state index is -1.24. The fourth-order valence-electron chi connectivity index (χ4n) is 2.34. The predicted octanol–water partition coefficient (Wildman–Crippen LogP) is 4.07. The first kappa shape index (κ1) is 25.7. The molecule has 30 heavy (non-hydrogen) atoms. The average molecular weight is 443 g/mol. The highest BCUT2D eigenvalue weighted by Gasteiger charge is 2.19. The molecular formula is C20H32F2N4O3Si. The van der Waals surface area contributed by atoms with E-state index in [0.717, 1.165) is 18.5 Å². The van der Waals surface area contributed by atoms with Crippen LogP contribution in [-0.2, 0) is 21.1 Å². The second kappa shape index (κ2) is 11.8. The second-order valence-electron chi connectivity index (χ2n) is 8.32. The van der Waals surface area contributed by atoms with Gasteiger partial charge in [-0.2, -0.15) is 5.10 Å². The predicted molar refractivity (Wildman–Crippen MR) is 117 cm³/mol. The van der Waals surface area contributed by atoms with Crippen molar-refractivity contribution in [1.82, 2.24) is 14.7 Å². The Morgan fingerprint density at radius 2 is 1.93 bits per heavy atom. The Morgan fingerprint density at radius 1 is 1.30 bits per heavy atom. The van der Waals surface area contributed by atoms with E-state index in [1.54, 1.807) is 14.1 Å². The molecule has 1 heterocycles. The van der Waals surface area contributed by atoms with Gasteiger partial charge in [0.25, 0.3) is 0 Å². The summed E-state index contributed by atoms with van der Waals surface area (Å²) in [7, 11) is 2.13. The van der Waals surface area contributed by atoms with E-state index in [1.165, 1.54) is 15.6 Å². The molecule has 0 aliphatic heterocycles. The molecule has 1 N–H and O–H groups in total. The van der Waals surface area contributed by atoms with Crippen molar-refractivity contribution in [3.63, 3.8) is 0 Å². The Bertz CT molecular complexity index is 851. The minimum absolute atomic E-state index is 0.000183. The fourth-order valence-corrected chi connectivity index (χ4v) is 3.10. The standard InChI is InChI=1S/C17H25F2N3O2Si.C3H7NO/c1-5-6-14(23)20-17-12-7-8-13(18)15(19)16(12)22(21-17)11-24-9-10-25(2,3)4;1-4(2)3-5/h7-8H,5-6,9-11H2,1-4H3,(H,20,21,23);3H,1-2H3. The molecule has 0 aliphatic carbocycles. The van der Waals surface area contributed by atoms with Gasteiger partial charge in [-0.05, 0) is 24.6 Å². The van der Waals surface area contributed by atoms with Crippen LogP contribution in [0.15, 0.2) is 12.1 Å². The highest BCUT2D eigenvalue weighted by molar-refractivity contribution is 6.76. The van der Waals surface area contributed by atoms with Crippen LogP contribution >= 0.6 is 0 Å². The van der Waals surface area contributed by atoms with Crippen LogP contribution in [-0.4, -0.2) is 55.8 Å². The summed E-state index contributed by atoms with van der Waals surface area (Å²) in [6.45, 7) is 9.12. The number of nitrogens with one attached hydrogen (secondary N) is 1. The number of amides is 2. The quantitative estimate of drug-likeness (QED) is 0.361. The summed E-state index contributed by atoms with van der Waals surface area (Å²) in [5.41, 5.74) is -0.000183. The number of rotatable bonds is 9. The molecule has 1 aromatic carbocycles. The fraction of sp³-hybridized carbons (Fsp3) is 0.550. The molecule has 168 valence electrons. The van der Waals surface area contributed by atoms with Crippen LogP contribution in [0.3, 0.4) is 0 Å². The van der Waals surface area contributed by atoms with Gasteiger partial charge in [0.15, 0.2) is 17.5 Å². The Kier molecular flexibility index (Phi) is 10.1. The number of aromatic nitrogens is 2. The van der Waals surface area contributed by atoms with Gasteiger partial charge in [0.1, 0.15) is 12.2 Å². The molecule has 1 aromatic heterocycles.